The summed E-state index contributed by atoms with van der Waals surface area (Å²) in [5, 5.41) is 8.88. The molecule has 0 saturated carbocycles. The zero-order chi connectivity index (χ0) is 12.1. The van der Waals surface area contributed by atoms with Crippen molar-refractivity contribution in [1.82, 2.24) is 4.90 Å². The molecule has 0 spiro atoms. The molecule has 0 unspecified atom stereocenters. The lowest BCUT2D eigenvalue weighted by molar-refractivity contribution is 0.0722. The summed E-state index contributed by atoms with van der Waals surface area (Å²) < 4.78 is 0.892. The summed E-state index contributed by atoms with van der Waals surface area (Å²) in [6.07, 6.45) is 0.835. The second kappa shape index (κ2) is 6.45. The predicted molar refractivity (Wildman–Crippen MR) is 67.6 cm³/mol. The van der Waals surface area contributed by atoms with Crippen LogP contribution in [0.5, 0.6) is 0 Å². The number of amides is 1. The van der Waals surface area contributed by atoms with Gasteiger partial charge in [-0.1, -0.05) is 30.1 Å². The van der Waals surface area contributed by atoms with Crippen molar-refractivity contribution in [3.63, 3.8) is 0 Å². The van der Waals surface area contributed by atoms with Gasteiger partial charge in [0.05, 0.1) is 16.5 Å². The van der Waals surface area contributed by atoms with Crippen LogP contribution in [0.4, 0.5) is 0 Å². The van der Waals surface area contributed by atoms with E-state index in [1.54, 1.807) is 11.0 Å². The van der Waals surface area contributed by atoms with Crippen molar-refractivity contribution in [2.45, 2.75) is 13.3 Å². The van der Waals surface area contributed by atoms with Crippen LogP contribution < -0.4 is 0 Å². The van der Waals surface area contributed by atoms with Gasteiger partial charge >= 0.3 is 0 Å². The molecule has 90 valence electrons. The van der Waals surface area contributed by atoms with Crippen molar-refractivity contribution >= 4 is 40.4 Å². The second-order valence-corrected chi connectivity index (χ2v) is 5.54. The minimum atomic E-state index is -0.177. The number of carbonyl (C=O) groups is 1. The second-order valence-electron chi connectivity index (χ2n) is 3.25. The third-order valence-electron chi connectivity index (χ3n) is 2.04. The topological polar surface area (TPSA) is 40.5 Å². The maximum atomic E-state index is 12.0. The average molecular weight is 282 g/mol. The molecule has 0 aliphatic carbocycles. The van der Waals surface area contributed by atoms with Crippen LogP contribution in [-0.2, 0) is 0 Å². The molecule has 1 N–H and O–H groups in total. The maximum absolute atomic E-state index is 12.0. The number of aliphatic hydroxyl groups excluding tert-OH is 1. The standard InChI is InChI=1S/C10H13Cl2NO2S/c1-2-3-13(4-5-14)10(15)7-6-8(11)16-9(7)12/h6,14H,2-5H2,1H3. The number of hydrogen-bond acceptors (Lipinski definition) is 3. The molecule has 0 saturated heterocycles. The molecule has 0 fully saturated rings. The highest BCUT2D eigenvalue weighted by molar-refractivity contribution is 7.20. The Morgan fingerprint density at radius 3 is 2.62 bits per heavy atom. The summed E-state index contributed by atoms with van der Waals surface area (Å²) in [5.74, 6) is -0.177. The third-order valence-corrected chi connectivity index (χ3v) is 3.53. The summed E-state index contributed by atoms with van der Waals surface area (Å²) in [6, 6.07) is 1.57. The van der Waals surface area contributed by atoms with E-state index in [2.05, 4.69) is 0 Å². The van der Waals surface area contributed by atoms with Gasteiger partial charge in [0, 0.05) is 13.1 Å². The van der Waals surface area contributed by atoms with Crippen LogP contribution in [0.1, 0.15) is 23.7 Å². The number of halogens is 2. The van der Waals surface area contributed by atoms with Crippen LogP contribution in [0.25, 0.3) is 0 Å². The Hall–Kier alpha value is -0.290. The lowest BCUT2D eigenvalue weighted by atomic mass is 10.2. The molecule has 0 aromatic carbocycles. The van der Waals surface area contributed by atoms with Crippen molar-refractivity contribution in [2.75, 3.05) is 19.7 Å². The van der Waals surface area contributed by atoms with E-state index in [1.165, 1.54) is 11.3 Å². The van der Waals surface area contributed by atoms with Gasteiger partial charge in [-0.25, -0.2) is 0 Å². The minimum absolute atomic E-state index is 0.0543. The summed E-state index contributed by atoms with van der Waals surface area (Å²) in [7, 11) is 0. The molecule has 0 aliphatic heterocycles. The quantitative estimate of drug-likeness (QED) is 0.902. The summed E-state index contributed by atoms with van der Waals surface area (Å²) in [5.41, 5.74) is 0.415. The van der Waals surface area contributed by atoms with E-state index in [0.717, 1.165) is 6.42 Å². The van der Waals surface area contributed by atoms with Crippen LogP contribution in [0.3, 0.4) is 0 Å². The van der Waals surface area contributed by atoms with Crippen molar-refractivity contribution in [3.05, 3.63) is 20.3 Å². The summed E-state index contributed by atoms with van der Waals surface area (Å²) in [4.78, 5) is 13.6. The fraction of sp³-hybridized carbons (Fsp3) is 0.500. The van der Waals surface area contributed by atoms with Gasteiger partial charge in [0.2, 0.25) is 0 Å². The van der Waals surface area contributed by atoms with E-state index in [4.69, 9.17) is 28.3 Å². The van der Waals surface area contributed by atoms with Crippen molar-refractivity contribution in [1.29, 1.82) is 0 Å². The fourth-order valence-electron chi connectivity index (χ4n) is 1.36. The van der Waals surface area contributed by atoms with E-state index in [0.29, 0.717) is 27.3 Å². The van der Waals surface area contributed by atoms with Crippen LogP contribution in [0, 0.1) is 0 Å². The van der Waals surface area contributed by atoms with Crippen molar-refractivity contribution in [2.24, 2.45) is 0 Å². The maximum Gasteiger partial charge on any atom is 0.256 e. The van der Waals surface area contributed by atoms with Gasteiger partial charge in [0.15, 0.2) is 0 Å². The van der Waals surface area contributed by atoms with E-state index in [1.807, 2.05) is 6.92 Å². The lowest BCUT2D eigenvalue weighted by Gasteiger charge is -2.20. The van der Waals surface area contributed by atoms with Gasteiger partial charge in [0.25, 0.3) is 5.91 Å². The van der Waals surface area contributed by atoms with Gasteiger partial charge in [-0.2, -0.15) is 0 Å². The van der Waals surface area contributed by atoms with Crippen molar-refractivity contribution < 1.29 is 9.90 Å². The predicted octanol–water partition coefficient (Wildman–Crippen LogP) is 2.90. The molecule has 1 heterocycles. The molecule has 0 atom stereocenters. The van der Waals surface area contributed by atoms with Gasteiger partial charge in [-0.15, -0.1) is 11.3 Å². The van der Waals surface area contributed by atoms with Crippen molar-refractivity contribution in [3.8, 4) is 0 Å². The molecule has 0 aliphatic rings. The monoisotopic (exact) mass is 281 g/mol. The highest BCUT2D eigenvalue weighted by Gasteiger charge is 2.19. The first-order valence-electron chi connectivity index (χ1n) is 4.95. The molecular formula is C10H13Cl2NO2S. The van der Waals surface area contributed by atoms with Crippen LogP contribution in [0.15, 0.2) is 6.07 Å². The Bertz CT molecular complexity index is 362. The van der Waals surface area contributed by atoms with Gasteiger partial charge in [-0.05, 0) is 12.5 Å². The van der Waals surface area contributed by atoms with Gasteiger partial charge in [0.1, 0.15) is 4.34 Å². The Balaban J connectivity index is 2.85. The summed E-state index contributed by atoms with van der Waals surface area (Å²) >= 11 is 12.9. The Kier molecular flexibility index (Phi) is 5.55. The van der Waals surface area contributed by atoms with Crippen LogP contribution in [0.2, 0.25) is 8.67 Å². The number of carbonyl (C=O) groups excluding carboxylic acids is 1. The fourth-order valence-corrected chi connectivity index (χ4v) is 2.81. The van der Waals surface area contributed by atoms with Gasteiger partial charge in [-0.3, -0.25) is 4.79 Å². The summed E-state index contributed by atoms with van der Waals surface area (Å²) in [6.45, 7) is 2.83. The first kappa shape index (κ1) is 13.8. The largest absolute Gasteiger partial charge is 0.395 e. The molecule has 16 heavy (non-hydrogen) atoms. The molecule has 6 heteroatoms. The molecule has 0 radical (unpaired) electrons. The first-order valence-corrected chi connectivity index (χ1v) is 6.52. The molecular weight excluding hydrogens is 269 g/mol. The third kappa shape index (κ3) is 3.35. The Labute approximate surface area is 109 Å². The van der Waals surface area contributed by atoms with E-state index in [9.17, 15) is 4.79 Å². The molecule has 1 rings (SSSR count). The zero-order valence-corrected chi connectivity index (χ0v) is 11.2. The van der Waals surface area contributed by atoms with E-state index < -0.39 is 0 Å². The number of nitrogens with zero attached hydrogens (tertiary/aromatic N) is 1. The Morgan fingerprint density at radius 1 is 1.50 bits per heavy atom. The van der Waals surface area contributed by atoms with E-state index in [-0.39, 0.29) is 12.5 Å². The van der Waals surface area contributed by atoms with Crippen LogP contribution in [-0.4, -0.2) is 35.6 Å². The van der Waals surface area contributed by atoms with E-state index >= 15 is 0 Å². The highest BCUT2D eigenvalue weighted by atomic mass is 35.5. The highest BCUT2D eigenvalue weighted by Crippen LogP contribution is 2.31. The van der Waals surface area contributed by atoms with Gasteiger partial charge < -0.3 is 10.0 Å². The molecule has 1 aromatic rings. The molecule has 3 nitrogen and oxygen atoms in total. The molecule has 1 amide bonds. The number of hydrogen-bond donors (Lipinski definition) is 1. The molecule has 1 aromatic heterocycles. The number of thiophene rings is 1. The average Bonchev–Trinajstić information content (AvgIpc) is 2.56. The SMILES string of the molecule is CCCN(CCO)C(=O)c1cc(Cl)sc1Cl. The Morgan fingerprint density at radius 2 is 2.19 bits per heavy atom. The number of rotatable bonds is 5. The molecule has 0 bridgehead atoms. The lowest BCUT2D eigenvalue weighted by Crippen LogP contribution is -2.34. The number of aliphatic hydroxyl groups is 1. The van der Waals surface area contributed by atoms with Crippen LogP contribution >= 0.6 is 34.5 Å². The smallest absolute Gasteiger partial charge is 0.256 e. The zero-order valence-electron chi connectivity index (χ0n) is 8.87. The first-order chi connectivity index (χ1) is 7.60. The minimum Gasteiger partial charge on any atom is -0.395 e. The normalized spacial score (nSPS) is 10.5.